The van der Waals surface area contributed by atoms with Gasteiger partial charge in [-0.05, 0) is 80.2 Å². The van der Waals surface area contributed by atoms with Crippen molar-refractivity contribution in [1.82, 2.24) is 9.97 Å². The zero-order chi connectivity index (χ0) is 25.1. The number of aromatic nitrogens is 2. The summed E-state index contributed by atoms with van der Waals surface area (Å²) in [7, 11) is 0. The van der Waals surface area contributed by atoms with E-state index in [9.17, 15) is 0 Å². The Labute approximate surface area is 218 Å². The average molecular weight is 489 g/mol. The van der Waals surface area contributed by atoms with E-state index in [0.717, 1.165) is 22.2 Å². The Morgan fingerprint density at radius 1 is 0.421 bits per heavy atom. The highest BCUT2D eigenvalue weighted by molar-refractivity contribution is 6.13. The Balaban J connectivity index is 1.21. The SMILES string of the molecule is c1cc(-c2ccc3c(c2)Oc2nc4ccccc4nc2O3)cc(-c2cc3ccccc3c3ccccc23)c1. The first-order chi connectivity index (χ1) is 18.8. The fraction of sp³-hybridized carbons (Fsp3) is 0. The van der Waals surface area contributed by atoms with Gasteiger partial charge in [0.25, 0.3) is 11.8 Å². The lowest BCUT2D eigenvalue weighted by molar-refractivity contribution is 0.339. The van der Waals surface area contributed by atoms with Gasteiger partial charge in [-0.1, -0.05) is 84.9 Å². The standard InChI is InChI=1S/C34H20N2O2/c1-2-11-25-24(8-1)19-28(27-13-4-3-12-26(25)27)23-10-7-9-21(18-23)22-16-17-31-32(20-22)38-34-33(37-31)35-29-14-5-6-15-30(29)36-34/h1-20H. The molecule has 0 N–H and O–H groups in total. The molecular weight excluding hydrogens is 468 g/mol. The van der Waals surface area contributed by atoms with Crippen molar-refractivity contribution in [3.05, 3.63) is 121 Å². The Bertz CT molecular complexity index is 2050. The smallest absolute Gasteiger partial charge is 0.284 e. The Kier molecular flexibility index (Phi) is 4.49. The van der Waals surface area contributed by atoms with Crippen LogP contribution in [0.25, 0.3) is 54.8 Å². The van der Waals surface area contributed by atoms with Gasteiger partial charge in [0.2, 0.25) is 0 Å². The van der Waals surface area contributed by atoms with Crippen molar-refractivity contribution in [2.24, 2.45) is 0 Å². The first-order valence-corrected chi connectivity index (χ1v) is 12.6. The molecule has 0 fully saturated rings. The summed E-state index contributed by atoms with van der Waals surface area (Å²) in [6.07, 6.45) is 0. The number of benzene rings is 6. The maximum Gasteiger partial charge on any atom is 0.284 e. The summed E-state index contributed by atoms with van der Waals surface area (Å²) in [6, 6.07) is 41.8. The maximum atomic E-state index is 6.17. The van der Waals surface area contributed by atoms with Gasteiger partial charge in [0.05, 0.1) is 11.0 Å². The van der Waals surface area contributed by atoms with Crippen LogP contribution < -0.4 is 9.47 Å². The summed E-state index contributed by atoms with van der Waals surface area (Å²) in [5, 5.41) is 5.01. The minimum absolute atomic E-state index is 0.379. The monoisotopic (exact) mass is 488 g/mol. The van der Waals surface area contributed by atoms with Crippen LogP contribution in [0.5, 0.6) is 23.3 Å². The molecule has 0 amide bonds. The van der Waals surface area contributed by atoms with Gasteiger partial charge in [-0.3, -0.25) is 0 Å². The minimum atomic E-state index is 0.379. The van der Waals surface area contributed by atoms with Crippen LogP contribution in [0, 0.1) is 0 Å². The molecule has 0 saturated carbocycles. The summed E-state index contributed by atoms with van der Waals surface area (Å²) < 4.78 is 12.2. The van der Waals surface area contributed by atoms with Crippen molar-refractivity contribution in [3.63, 3.8) is 0 Å². The molecule has 0 bridgehead atoms. The lowest BCUT2D eigenvalue weighted by atomic mass is 9.92. The summed E-state index contributed by atoms with van der Waals surface area (Å²) in [5.74, 6) is 2.02. The van der Waals surface area contributed by atoms with Crippen LogP contribution in [0.1, 0.15) is 0 Å². The highest BCUT2D eigenvalue weighted by Gasteiger charge is 2.23. The first kappa shape index (κ1) is 20.9. The molecule has 0 atom stereocenters. The van der Waals surface area contributed by atoms with Crippen molar-refractivity contribution in [1.29, 1.82) is 0 Å². The number of hydrogen-bond acceptors (Lipinski definition) is 4. The molecule has 0 spiro atoms. The number of hydrogen-bond donors (Lipinski definition) is 0. The third kappa shape index (κ3) is 3.31. The van der Waals surface area contributed by atoms with E-state index in [1.54, 1.807) is 0 Å². The van der Waals surface area contributed by atoms with E-state index < -0.39 is 0 Å². The van der Waals surface area contributed by atoms with E-state index >= 15 is 0 Å². The predicted octanol–water partition coefficient (Wildman–Crippen LogP) is 9.17. The molecule has 6 aromatic carbocycles. The van der Waals surface area contributed by atoms with Gasteiger partial charge in [0.15, 0.2) is 11.5 Å². The van der Waals surface area contributed by atoms with Crippen LogP contribution in [0.15, 0.2) is 121 Å². The highest BCUT2D eigenvalue weighted by atomic mass is 16.6. The molecule has 38 heavy (non-hydrogen) atoms. The minimum Gasteiger partial charge on any atom is -0.431 e. The van der Waals surface area contributed by atoms with E-state index in [2.05, 4.69) is 94.9 Å². The lowest BCUT2D eigenvalue weighted by Crippen LogP contribution is -2.03. The Morgan fingerprint density at radius 3 is 1.87 bits per heavy atom. The quantitative estimate of drug-likeness (QED) is 0.228. The fourth-order valence-electron chi connectivity index (χ4n) is 5.32. The number of fused-ring (bicyclic) bond motifs is 6. The van der Waals surface area contributed by atoms with E-state index in [4.69, 9.17) is 9.47 Å². The maximum absolute atomic E-state index is 6.17. The van der Waals surface area contributed by atoms with Gasteiger partial charge in [0.1, 0.15) is 0 Å². The number of para-hydroxylation sites is 2. The van der Waals surface area contributed by atoms with Gasteiger partial charge >= 0.3 is 0 Å². The van der Waals surface area contributed by atoms with Crippen LogP contribution in [0.4, 0.5) is 0 Å². The molecule has 4 heteroatoms. The van der Waals surface area contributed by atoms with Crippen LogP contribution in [0.3, 0.4) is 0 Å². The molecule has 8 rings (SSSR count). The fourth-order valence-corrected chi connectivity index (χ4v) is 5.32. The van der Waals surface area contributed by atoms with Crippen molar-refractivity contribution in [2.45, 2.75) is 0 Å². The van der Waals surface area contributed by atoms with Crippen molar-refractivity contribution >= 4 is 32.6 Å². The number of ether oxygens (including phenoxy) is 2. The average Bonchev–Trinajstić information content (AvgIpc) is 2.98. The Hall–Kier alpha value is -5.22. The molecule has 2 heterocycles. The van der Waals surface area contributed by atoms with Gasteiger partial charge in [-0.2, -0.15) is 0 Å². The topological polar surface area (TPSA) is 44.2 Å². The lowest BCUT2D eigenvalue weighted by Gasteiger charge is -2.20. The second kappa shape index (κ2) is 8.15. The number of rotatable bonds is 2. The van der Waals surface area contributed by atoms with Crippen molar-refractivity contribution in [2.75, 3.05) is 0 Å². The Morgan fingerprint density at radius 2 is 1.05 bits per heavy atom. The largest absolute Gasteiger partial charge is 0.431 e. The molecule has 1 aliphatic heterocycles. The zero-order valence-electron chi connectivity index (χ0n) is 20.3. The summed E-state index contributed by atoms with van der Waals surface area (Å²) in [4.78, 5) is 9.19. The molecule has 0 saturated heterocycles. The van der Waals surface area contributed by atoms with Crippen LogP contribution >= 0.6 is 0 Å². The molecule has 0 unspecified atom stereocenters. The van der Waals surface area contributed by atoms with E-state index in [1.165, 1.54) is 32.7 Å². The van der Waals surface area contributed by atoms with E-state index in [1.807, 2.05) is 36.4 Å². The van der Waals surface area contributed by atoms with Gasteiger partial charge in [-0.25, -0.2) is 9.97 Å². The second-order valence-corrected chi connectivity index (χ2v) is 9.46. The van der Waals surface area contributed by atoms with Crippen LogP contribution in [0.2, 0.25) is 0 Å². The summed E-state index contributed by atoms with van der Waals surface area (Å²) in [5.41, 5.74) is 6.06. The van der Waals surface area contributed by atoms with Crippen LogP contribution in [-0.2, 0) is 0 Å². The third-order valence-electron chi connectivity index (χ3n) is 7.14. The second-order valence-electron chi connectivity index (χ2n) is 9.46. The van der Waals surface area contributed by atoms with Crippen LogP contribution in [-0.4, -0.2) is 9.97 Å². The van der Waals surface area contributed by atoms with Gasteiger partial charge in [0, 0.05) is 0 Å². The number of nitrogens with zero attached hydrogens (tertiary/aromatic N) is 2. The summed E-state index contributed by atoms with van der Waals surface area (Å²) >= 11 is 0. The molecular formula is C34H20N2O2. The van der Waals surface area contributed by atoms with Gasteiger partial charge < -0.3 is 9.47 Å². The van der Waals surface area contributed by atoms with Gasteiger partial charge in [-0.15, -0.1) is 0 Å². The third-order valence-corrected chi connectivity index (χ3v) is 7.14. The normalized spacial score (nSPS) is 12.1. The molecule has 0 aliphatic carbocycles. The molecule has 4 nitrogen and oxygen atoms in total. The molecule has 1 aliphatic rings. The molecule has 1 aromatic heterocycles. The zero-order valence-corrected chi connectivity index (χ0v) is 20.3. The highest BCUT2D eigenvalue weighted by Crippen LogP contribution is 2.45. The summed E-state index contributed by atoms with van der Waals surface area (Å²) in [6.45, 7) is 0. The van der Waals surface area contributed by atoms with E-state index in [0.29, 0.717) is 23.3 Å². The van der Waals surface area contributed by atoms with Crippen molar-refractivity contribution in [3.8, 4) is 45.5 Å². The molecule has 0 radical (unpaired) electrons. The predicted molar refractivity (Wildman–Crippen MR) is 152 cm³/mol. The molecule has 178 valence electrons. The molecule has 7 aromatic rings. The first-order valence-electron chi connectivity index (χ1n) is 12.6. The van der Waals surface area contributed by atoms with E-state index in [-0.39, 0.29) is 0 Å². The van der Waals surface area contributed by atoms with Crippen molar-refractivity contribution < 1.29 is 9.47 Å².